The number of fused-ring (bicyclic) bond motifs is 1. The Hall–Kier alpha value is -2.76. The minimum Gasteiger partial charge on any atom is -0.340 e. The largest absolute Gasteiger partial charge is 0.340 e. The molecule has 0 fully saturated rings. The third kappa shape index (κ3) is 3.31. The van der Waals surface area contributed by atoms with Gasteiger partial charge in [-0.15, -0.1) is 0 Å². The number of hydrogen-bond donors (Lipinski definition) is 1. The summed E-state index contributed by atoms with van der Waals surface area (Å²) in [6.07, 6.45) is 4.83. The first kappa shape index (κ1) is 16.7. The smallest absolute Gasteiger partial charge is 0.182 e. The maximum absolute atomic E-state index is 6.24. The number of nitrogens with one attached hydrogen (secondary N) is 1. The van der Waals surface area contributed by atoms with E-state index < -0.39 is 0 Å². The third-order valence-corrected chi connectivity index (χ3v) is 4.53. The van der Waals surface area contributed by atoms with E-state index in [0.717, 1.165) is 16.6 Å². The quantitative estimate of drug-likeness (QED) is 0.511. The fourth-order valence-electron chi connectivity index (χ4n) is 2.53. The molecule has 0 saturated heterocycles. The van der Waals surface area contributed by atoms with Gasteiger partial charge in [-0.25, -0.2) is 15.0 Å². The Balaban J connectivity index is 1.87. The van der Waals surface area contributed by atoms with Gasteiger partial charge in [-0.1, -0.05) is 29.3 Å². The van der Waals surface area contributed by atoms with Gasteiger partial charge in [-0.05, 0) is 42.8 Å². The molecule has 7 heteroatoms. The van der Waals surface area contributed by atoms with Crippen molar-refractivity contribution in [2.24, 2.45) is 0 Å². The number of aryl methyl sites for hydroxylation is 1. The Bertz CT molecular complexity index is 1100. The maximum Gasteiger partial charge on any atom is 0.182 e. The van der Waals surface area contributed by atoms with Gasteiger partial charge in [-0.3, -0.25) is 4.98 Å². The number of aromatic nitrogens is 4. The van der Waals surface area contributed by atoms with E-state index in [1.54, 1.807) is 24.7 Å². The first-order valence-corrected chi connectivity index (χ1v) is 8.62. The summed E-state index contributed by atoms with van der Waals surface area (Å²) in [6, 6.07) is 11.3. The van der Waals surface area contributed by atoms with Crippen LogP contribution in [0.2, 0.25) is 10.0 Å². The molecule has 0 unspecified atom stereocenters. The number of anilines is 2. The van der Waals surface area contributed by atoms with Crippen molar-refractivity contribution in [3.05, 3.63) is 70.6 Å². The minimum absolute atomic E-state index is 0.466. The lowest BCUT2D eigenvalue weighted by Crippen LogP contribution is -2.00. The predicted octanol–water partition coefficient (Wildman–Crippen LogP) is 5.45. The van der Waals surface area contributed by atoms with Crippen LogP contribution in [0.1, 0.15) is 5.56 Å². The van der Waals surface area contributed by atoms with Crippen molar-refractivity contribution >= 4 is 45.6 Å². The van der Waals surface area contributed by atoms with Crippen molar-refractivity contribution in [2.45, 2.75) is 6.92 Å². The summed E-state index contributed by atoms with van der Waals surface area (Å²) < 4.78 is 0. The van der Waals surface area contributed by atoms with Crippen molar-refractivity contribution in [1.82, 2.24) is 19.9 Å². The van der Waals surface area contributed by atoms with Crippen LogP contribution in [0.3, 0.4) is 0 Å². The van der Waals surface area contributed by atoms with Crippen LogP contribution in [0, 0.1) is 6.92 Å². The minimum atomic E-state index is 0.466. The molecule has 128 valence electrons. The molecule has 0 aliphatic heterocycles. The van der Waals surface area contributed by atoms with Crippen LogP contribution in [-0.2, 0) is 0 Å². The van der Waals surface area contributed by atoms with Crippen molar-refractivity contribution in [2.75, 3.05) is 5.32 Å². The molecule has 0 radical (unpaired) electrons. The highest BCUT2D eigenvalue weighted by atomic mass is 35.5. The van der Waals surface area contributed by atoms with E-state index in [9.17, 15) is 0 Å². The van der Waals surface area contributed by atoms with Gasteiger partial charge in [0.15, 0.2) is 5.82 Å². The summed E-state index contributed by atoms with van der Waals surface area (Å²) in [7, 11) is 0. The van der Waals surface area contributed by atoms with E-state index >= 15 is 0 Å². The van der Waals surface area contributed by atoms with Gasteiger partial charge in [-0.2, -0.15) is 0 Å². The molecule has 0 bridgehead atoms. The first-order valence-electron chi connectivity index (χ1n) is 7.87. The summed E-state index contributed by atoms with van der Waals surface area (Å²) in [4.78, 5) is 17.6. The van der Waals surface area contributed by atoms with E-state index in [0.29, 0.717) is 32.9 Å². The number of nitrogens with zero attached hydrogens (tertiary/aromatic N) is 4. The van der Waals surface area contributed by atoms with Crippen LogP contribution in [0.25, 0.3) is 22.4 Å². The average molecular weight is 382 g/mol. The SMILES string of the molecule is Cc1ccc(Nc2nc(-c3cnccn3)nc3cc(Cl)ccc23)cc1Cl. The summed E-state index contributed by atoms with van der Waals surface area (Å²) in [5.74, 6) is 1.11. The molecule has 2 aromatic carbocycles. The molecule has 4 rings (SSSR count). The summed E-state index contributed by atoms with van der Waals surface area (Å²) in [5, 5.41) is 5.45. The number of halogens is 2. The molecule has 0 aliphatic carbocycles. The zero-order valence-corrected chi connectivity index (χ0v) is 15.3. The molecule has 0 spiro atoms. The Kier molecular flexibility index (Phi) is 4.41. The second kappa shape index (κ2) is 6.86. The molecule has 5 nitrogen and oxygen atoms in total. The molecule has 0 amide bonds. The molecule has 26 heavy (non-hydrogen) atoms. The van der Waals surface area contributed by atoms with E-state index in [1.807, 2.05) is 37.3 Å². The van der Waals surface area contributed by atoms with Crippen molar-refractivity contribution in [3.63, 3.8) is 0 Å². The Morgan fingerprint density at radius 1 is 0.962 bits per heavy atom. The maximum atomic E-state index is 6.24. The second-order valence-electron chi connectivity index (χ2n) is 5.74. The molecular weight excluding hydrogens is 369 g/mol. The first-order chi connectivity index (χ1) is 12.6. The molecule has 2 heterocycles. The highest BCUT2D eigenvalue weighted by Crippen LogP contribution is 2.29. The van der Waals surface area contributed by atoms with Crippen molar-refractivity contribution in [1.29, 1.82) is 0 Å². The van der Waals surface area contributed by atoms with Gasteiger partial charge in [0.1, 0.15) is 11.5 Å². The summed E-state index contributed by atoms with van der Waals surface area (Å²) >= 11 is 12.4. The fourth-order valence-corrected chi connectivity index (χ4v) is 2.88. The van der Waals surface area contributed by atoms with E-state index in [-0.39, 0.29) is 0 Å². The lowest BCUT2D eigenvalue weighted by molar-refractivity contribution is 1.13. The predicted molar refractivity (Wildman–Crippen MR) is 105 cm³/mol. The van der Waals surface area contributed by atoms with E-state index in [2.05, 4.69) is 25.3 Å². The van der Waals surface area contributed by atoms with Crippen LogP contribution in [0.4, 0.5) is 11.5 Å². The van der Waals surface area contributed by atoms with Gasteiger partial charge >= 0.3 is 0 Å². The molecule has 0 atom stereocenters. The zero-order chi connectivity index (χ0) is 18.1. The topological polar surface area (TPSA) is 63.6 Å². The lowest BCUT2D eigenvalue weighted by Gasteiger charge is -2.12. The number of rotatable bonds is 3. The Morgan fingerprint density at radius 3 is 2.62 bits per heavy atom. The second-order valence-corrected chi connectivity index (χ2v) is 6.58. The van der Waals surface area contributed by atoms with Crippen LogP contribution >= 0.6 is 23.2 Å². The number of hydrogen-bond acceptors (Lipinski definition) is 5. The summed E-state index contributed by atoms with van der Waals surface area (Å²) in [5.41, 5.74) is 3.14. The van der Waals surface area contributed by atoms with Crippen molar-refractivity contribution in [3.8, 4) is 11.5 Å². The summed E-state index contributed by atoms with van der Waals surface area (Å²) in [6.45, 7) is 1.96. The molecule has 2 aromatic heterocycles. The van der Waals surface area contributed by atoms with Crippen LogP contribution in [0.5, 0.6) is 0 Å². The highest BCUT2D eigenvalue weighted by Gasteiger charge is 2.12. The van der Waals surface area contributed by atoms with Gasteiger partial charge in [0.25, 0.3) is 0 Å². The van der Waals surface area contributed by atoms with E-state index in [1.165, 1.54) is 0 Å². The Morgan fingerprint density at radius 2 is 1.85 bits per heavy atom. The van der Waals surface area contributed by atoms with Gasteiger partial charge in [0.05, 0.1) is 11.7 Å². The van der Waals surface area contributed by atoms with Gasteiger partial charge in [0.2, 0.25) is 0 Å². The van der Waals surface area contributed by atoms with Crippen LogP contribution in [0.15, 0.2) is 55.0 Å². The van der Waals surface area contributed by atoms with Crippen molar-refractivity contribution < 1.29 is 0 Å². The standard InChI is InChI=1S/C19H13Cl2N5/c1-11-2-4-13(9-15(11)21)24-18-14-5-3-12(20)8-16(14)25-19(26-18)17-10-22-6-7-23-17/h2-10H,1H3,(H,24,25,26). The monoisotopic (exact) mass is 381 g/mol. The lowest BCUT2D eigenvalue weighted by atomic mass is 10.2. The van der Waals surface area contributed by atoms with Crippen LogP contribution in [-0.4, -0.2) is 19.9 Å². The highest BCUT2D eigenvalue weighted by molar-refractivity contribution is 6.32. The third-order valence-electron chi connectivity index (χ3n) is 3.89. The average Bonchev–Trinajstić information content (AvgIpc) is 2.65. The van der Waals surface area contributed by atoms with Gasteiger partial charge < -0.3 is 5.32 Å². The number of benzene rings is 2. The molecule has 0 saturated carbocycles. The fraction of sp³-hybridized carbons (Fsp3) is 0.0526. The normalized spacial score (nSPS) is 10.9. The molecular formula is C19H13Cl2N5. The van der Waals surface area contributed by atoms with Gasteiger partial charge in [0, 0.05) is 33.5 Å². The Labute approximate surface area is 160 Å². The zero-order valence-electron chi connectivity index (χ0n) is 13.7. The molecule has 1 N–H and O–H groups in total. The van der Waals surface area contributed by atoms with Crippen LogP contribution < -0.4 is 5.32 Å². The molecule has 0 aliphatic rings. The molecule has 4 aromatic rings. The van der Waals surface area contributed by atoms with E-state index in [4.69, 9.17) is 23.2 Å².